The molecule has 0 aliphatic carbocycles. The third-order valence-corrected chi connectivity index (χ3v) is 2.65. The first-order chi connectivity index (χ1) is 8.97. The predicted octanol–water partition coefficient (Wildman–Crippen LogP) is 0.481. The molecule has 0 saturated heterocycles. The minimum Gasteiger partial charge on any atom is -0.384 e. The fraction of sp³-hybridized carbons (Fsp3) is 0.462. The minimum atomic E-state index is -0.596. The second-order valence-corrected chi connectivity index (χ2v) is 4.33. The van der Waals surface area contributed by atoms with Gasteiger partial charge in [0.15, 0.2) is 0 Å². The van der Waals surface area contributed by atoms with E-state index < -0.39 is 6.04 Å². The molecular weight excluding hydrogens is 244 g/mol. The number of hydrogen-bond donors (Lipinski definition) is 3. The van der Waals surface area contributed by atoms with Crippen molar-refractivity contribution in [1.82, 2.24) is 15.6 Å². The van der Waals surface area contributed by atoms with Crippen LogP contribution in [0.5, 0.6) is 0 Å². The predicted molar refractivity (Wildman–Crippen MR) is 73.6 cm³/mol. The third-order valence-electron chi connectivity index (χ3n) is 2.65. The number of likely N-dealkylation sites (N-methyl/N-ethyl adjacent to an activating group) is 1. The van der Waals surface area contributed by atoms with Crippen molar-refractivity contribution in [2.75, 3.05) is 12.8 Å². The summed E-state index contributed by atoms with van der Waals surface area (Å²) in [6.45, 7) is 3.65. The van der Waals surface area contributed by atoms with Crippen molar-refractivity contribution in [2.24, 2.45) is 0 Å². The van der Waals surface area contributed by atoms with E-state index in [4.69, 9.17) is 5.73 Å². The highest BCUT2D eigenvalue weighted by Gasteiger charge is 2.16. The Morgan fingerprint density at radius 3 is 2.68 bits per heavy atom. The van der Waals surface area contributed by atoms with Gasteiger partial charge in [0, 0.05) is 18.3 Å². The maximum atomic E-state index is 12.0. The normalized spacial score (nSPS) is 11.7. The summed E-state index contributed by atoms with van der Waals surface area (Å²) in [6.07, 6.45) is 1.68. The standard InChI is InChI=1S/C13H20N4O2/c1-4-5-10-6-9(7-11(14)17-10)13(19)16-8(2)12(18)15-3/h6-8H,4-5H2,1-3H3,(H2,14,17)(H,15,18)(H,16,19). The van der Waals surface area contributed by atoms with Crippen molar-refractivity contribution in [3.63, 3.8) is 0 Å². The fourth-order valence-corrected chi connectivity index (χ4v) is 1.69. The lowest BCUT2D eigenvalue weighted by Crippen LogP contribution is -2.43. The van der Waals surface area contributed by atoms with E-state index in [-0.39, 0.29) is 11.8 Å². The summed E-state index contributed by atoms with van der Waals surface area (Å²) in [5.41, 5.74) is 6.87. The Labute approximate surface area is 112 Å². The van der Waals surface area contributed by atoms with Gasteiger partial charge in [-0.1, -0.05) is 13.3 Å². The van der Waals surface area contributed by atoms with E-state index >= 15 is 0 Å². The molecule has 0 fully saturated rings. The number of pyridine rings is 1. The molecule has 0 spiro atoms. The zero-order chi connectivity index (χ0) is 14.4. The first kappa shape index (κ1) is 14.9. The van der Waals surface area contributed by atoms with E-state index in [1.165, 1.54) is 13.1 Å². The van der Waals surface area contributed by atoms with Gasteiger partial charge in [-0.05, 0) is 25.5 Å². The lowest BCUT2D eigenvalue weighted by Gasteiger charge is -2.13. The van der Waals surface area contributed by atoms with E-state index in [0.29, 0.717) is 11.4 Å². The topological polar surface area (TPSA) is 97.1 Å². The Hall–Kier alpha value is -2.11. The lowest BCUT2D eigenvalue weighted by atomic mass is 10.1. The van der Waals surface area contributed by atoms with Crippen molar-refractivity contribution in [1.29, 1.82) is 0 Å². The molecule has 2 amide bonds. The highest BCUT2D eigenvalue weighted by molar-refractivity contribution is 5.97. The second-order valence-electron chi connectivity index (χ2n) is 4.33. The van der Waals surface area contributed by atoms with Crippen LogP contribution in [0.15, 0.2) is 12.1 Å². The molecule has 0 bridgehead atoms. The Bertz CT molecular complexity index is 474. The summed E-state index contributed by atoms with van der Waals surface area (Å²) >= 11 is 0. The van der Waals surface area contributed by atoms with E-state index in [1.807, 2.05) is 6.92 Å². The molecule has 1 aromatic rings. The van der Waals surface area contributed by atoms with Gasteiger partial charge in [-0.2, -0.15) is 0 Å². The maximum Gasteiger partial charge on any atom is 0.252 e. The Kier molecular flexibility index (Phi) is 5.29. The van der Waals surface area contributed by atoms with Crippen LogP contribution in [0, 0.1) is 0 Å². The van der Waals surface area contributed by atoms with Crippen LogP contribution in [0.25, 0.3) is 0 Å². The SMILES string of the molecule is CCCc1cc(C(=O)NC(C)C(=O)NC)cc(N)n1. The van der Waals surface area contributed by atoms with Crippen LogP contribution < -0.4 is 16.4 Å². The summed E-state index contributed by atoms with van der Waals surface area (Å²) in [5, 5.41) is 5.08. The largest absolute Gasteiger partial charge is 0.384 e. The third kappa shape index (κ3) is 4.24. The molecule has 1 unspecified atom stereocenters. The number of nitrogens with one attached hydrogen (secondary N) is 2. The van der Waals surface area contributed by atoms with Gasteiger partial charge in [0.2, 0.25) is 5.91 Å². The van der Waals surface area contributed by atoms with Gasteiger partial charge in [-0.15, -0.1) is 0 Å². The molecule has 4 N–H and O–H groups in total. The number of aryl methyl sites for hydroxylation is 1. The number of nitrogens with zero attached hydrogens (tertiary/aromatic N) is 1. The van der Waals surface area contributed by atoms with Crippen LogP contribution in [0.3, 0.4) is 0 Å². The summed E-state index contributed by atoms with van der Waals surface area (Å²) in [4.78, 5) is 27.5. The highest BCUT2D eigenvalue weighted by atomic mass is 16.2. The summed E-state index contributed by atoms with van der Waals surface area (Å²) in [7, 11) is 1.52. The summed E-state index contributed by atoms with van der Waals surface area (Å²) < 4.78 is 0. The van der Waals surface area contributed by atoms with Crippen LogP contribution in [0.1, 0.15) is 36.3 Å². The zero-order valence-electron chi connectivity index (χ0n) is 11.5. The van der Waals surface area contributed by atoms with Crippen LogP contribution in [0.2, 0.25) is 0 Å². The Morgan fingerprint density at radius 2 is 2.11 bits per heavy atom. The first-order valence-corrected chi connectivity index (χ1v) is 6.26. The summed E-state index contributed by atoms with van der Waals surface area (Å²) in [5.74, 6) is -0.268. The number of carbonyl (C=O) groups excluding carboxylic acids is 2. The number of amides is 2. The lowest BCUT2D eigenvalue weighted by molar-refractivity contribution is -0.122. The molecule has 104 valence electrons. The van der Waals surface area contributed by atoms with E-state index in [9.17, 15) is 9.59 Å². The van der Waals surface area contributed by atoms with Gasteiger partial charge in [0.05, 0.1) is 0 Å². The van der Waals surface area contributed by atoms with Crippen LogP contribution in [0.4, 0.5) is 5.82 Å². The van der Waals surface area contributed by atoms with Crippen LogP contribution in [-0.2, 0) is 11.2 Å². The monoisotopic (exact) mass is 264 g/mol. The average Bonchev–Trinajstić information content (AvgIpc) is 2.37. The molecule has 6 heteroatoms. The fourth-order valence-electron chi connectivity index (χ4n) is 1.69. The molecule has 0 saturated carbocycles. The maximum absolute atomic E-state index is 12.0. The average molecular weight is 264 g/mol. The quantitative estimate of drug-likeness (QED) is 0.720. The molecule has 1 rings (SSSR count). The molecule has 0 aliphatic rings. The minimum absolute atomic E-state index is 0.246. The summed E-state index contributed by atoms with van der Waals surface area (Å²) in [6, 6.07) is 2.61. The van der Waals surface area contributed by atoms with Crippen molar-refractivity contribution >= 4 is 17.6 Å². The number of aromatic nitrogens is 1. The number of nitrogens with two attached hydrogens (primary N) is 1. The van der Waals surface area contributed by atoms with E-state index in [1.54, 1.807) is 13.0 Å². The van der Waals surface area contributed by atoms with Gasteiger partial charge >= 0.3 is 0 Å². The van der Waals surface area contributed by atoms with Crippen molar-refractivity contribution in [2.45, 2.75) is 32.7 Å². The van der Waals surface area contributed by atoms with Gasteiger partial charge in [0.1, 0.15) is 11.9 Å². The second kappa shape index (κ2) is 6.72. The molecule has 1 heterocycles. The van der Waals surface area contributed by atoms with Gasteiger partial charge in [-0.3, -0.25) is 9.59 Å². The molecular formula is C13H20N4O2. The smallest absolute Gasteiger partial charge is 0.252 e. The van der Waals surface area contributed by atoms with Crippen LogP contribution >= 0.6 is 0 Å². The molecule has 6 nitrogen and oxygen atoms in total. The van der Waals surface area contributed by atoms with E-state index in [0.717, 1.165) is 18.5 Å². The number of anilines is 1. The number of rotatable bonds is 5. The number of nitrogen functional groups attached to an aromatic ring is 1. The highest BCUT2D eigenvalue weighted by Crippen LogP contribution is 2.10. The first-order valence-electron chi connectivity index (χ1n) is 6.26. The van der Waals surface area contributed by atoms with Gasteiger partial charge < -0.3 is 16.4 Å². The zero-order valence-corrected chi connectivity index (χ0v) is 11.5. The molecule has 1 aromatic heterocycles. The van der Waals surface area contributed by atoms with Gasteiger partial charge in [0.25, 0.3) is 5.91 Å². The molecule has 0 aromatic carbocycles. The van der Waals surface area contributed by atoms with Crippen molar-refractivity contribution in [3.05, 3.63) is 23.4 Å². The van der Waals surface area contributed by atoms with Gasteiger partial charge in [-0.25, -0.2) is 4.98 Å². The Morgan fingerprint density at radius 1 is 1.42 bits per heavy atom. The number of carbonyl (C=O) groups is 2. The molecule has 0 aliphatic heterocycles. The molecule has 1 atom stereocenters. The Balaban J connectivity index is 2.84. The number of hydrogen-bond acceptors (Lipinski definition) is 4. The molecule has 19 heavy (non-hydrogen) atoms. The van der Waals surface area contributed by atoms with E-state index in [2.05, 4.69) is 15.6 Å². The van der Waals surface area contributed by atoms with Crippen molar-refractivity contribution < 1.29 is 9.59 Å². The van der Waals surface area contributed by atoms with Crippen LogP contribution in [-0.4, -0.2) is 29.9 Å². The van der Waals surface area contributed by atoms with Crippen molar-refractivity contribution in [3.8, 4) is 0 Å². The molecule has 0 radical (unpaired) electrons.